The van der Waals surface area contributed by atoms with Gasteiger partial charge in [0, 0.05) is 18.0 Å². The van der Waals surface area contributed by atoms with Crippen LogP contribution in [0.1, 0.15) is 41.7 Å². The van der Waals surface area contributed by atoms with Crippen molar-refractivity contribution in [2.75, 3.05) is 13.2 Å². The zero-order valence-electron chi connectivity index (χ0n) is 14.7. The molecule has 0 radical (unpaired) electrons. The van der Waals surface area contributed by atoms with Crippen LogP contribution in [-0.2, 0) is 9.53 Å². The van der Waals surface area contributed by atoms with Crippen LogP contribution < -0.4 is 0 Å². The number of amides is 1. The minimum atomic E-state index is -0.612. The zero-order valence-corrected chi connectivity index (χ0v) is 15.5. The molecule has 0 saturated heterocycles. The molecule has 0 aliphatic carbocycles. The van der Waals surface area contributed by atoms with Gasteiger partial charge in [0.2, 0.25) is 5.78 Å². The lowest BCUT2D eigenvalue weighted by Gasteiger charge is -2.25. The molecule has 138 valence electrons. The summed E-state index contributed by atoms with van der Waals surface area (Å²) in [4.78, 5) is 27.8. The van der Waals surface area contributed by atoms with Crippen LogP contribution in [0.5, 0.6) is 0 Å². The van der Waals surface area contributed by atoms with Crippen LogP contribution in [0, 0.1) is 0 Å². The topological polar surface area (TPSA) is 80.0 Å². The predicted octanol–water partition coefficient (Wildman–Crippen LogP) is 3.73. The molecule has 1 aliphatic rings. The molecule has 2 aromatic heterocycles. The average Bonchev–Trinajstić information content (AvgIpc) is 3.34. The van der Waals surface area contributed by atoms with Gasteiger partial charge in [-0.05, 0) is 43.8 Å². The summed E-state index contributed by atoms with van der Waals surface area (Å²) in [5.41, 5.74) is 0.0668. The molecule has 3 heterocycles. The van der Waals surface area contributed by atoms with Gasteiger partial charge in [-0.15, -0.1) is 11.3 Å². The molecule has 0 fully saturated rings. The summed E-state index contributed by atoms with van der Waals surface area (Å²) < 4.78 is 10.7. The lowest BCUT2D eigenvalue weighted by atomic mass is 10.0. The van der Waals surface area contributed by atoms with Gasteiger partial charge in [0.15, 0.2) is 11.5 Å². The van der Waals surface area contributed by atoms with E-state index in [4.69, 9.17) is 9.15 Å². The van der Waals surface area contributed by atoms with Gasteiger partial charge in [-0.1, -0.05) is 6.07 Å². The number of hydrogen-bond acceptors (Lipinski definition) is 6. The number of Topliss-reactive ketones (excluding diaryl/α,β-unsaturated/α-hetero) is 1. The van der Waals surface area contributed by atoms with Crippen LogP contribution in [0.3, 0.4) is 0 Å². The Bertz CT molecular complexity index is 792. The zero-order chi connectivity index (χ0) is 18.7. The normalized spacial score (nSPS) is 17.6. The second-order valence-corrected chi connectivity index (χ2v) is 7.24. The number of hydrogen-bond donors (Lipinski definition) is 1. The Morgan fingerprint density at radius 2 is 2.19 bits per heavy atom. The first-order valence-corrected chi connectivity index (χ1v) is 9.36. The SMILES string of the molecule is CC(C)OCCCN1C(=O)C(O)=C(C(=O)c2ccco2)C1c1cccs1. The number of ketones is 1. The van der Waals surface area contributed by atoms with Crippen molar-refractivity contribution in [3.8, 4) is 0 Å². The molecule has 0 saturated carbocycles. The van der Waals surface area contributed by atoms with Gasteiger partial charge in [-0.25, -0.2) is 0 Å². The van der Waals surface area contributed by atoms with Gasteiger partial charge < -0.3 is 19.2 Å². The first-order valence-electron chi connectivity index (χ1n) is 8.48. The summed E-state index contributed by atoms with van der Waals surface area (Å²) in [5, 5.41) is 12.3. The summed E-state index contributed by atoms with van der Waals surface area (Å²) in [5.74, 6) is -1.41. The largest absolute Gasteiger partial charge is 0.503 e. The quantitative estimate of drug-likeness (QED) is 0.562. The van der Waals surface area contributed by atoms with Crippen molar-refractivity contribution in [2.45, 2.75) is 32.4 Å². The van der Waals surface area contributed by atoms with E-state index in [9.17, 15) is 14.7 Å². The van der Waals surface area contributed by atoms with Gasteiger partial charge in [0.1, 0.15) is 0 Å². The summed E-state index contributed by atoms with van der Waals surface area (Å²) in [6, 6.07) is 6.23. The molecule has 1 N–H and O–H groups in total. The van der Waals surface area contributed by atoms with E-state index in [0.717, 1.165) is 4.88 Å². The maximum absolute atomic E-state index is 12.8. The minimum Gasteiger partial charge on any atom is -0.503 e. The fourth-order valence-corrected chi connectivity index (χ4v) is 3.80. The maximum Gasteiger partial charge on any atom is 0.290 e. The first-order chi connectivity index (χ1) is 12.5. The van der Waals surface area contributed by atoms with Crippen molar-refractivity contribution < 1.29 is 23.8 Å². The van der Waals surface area contributed by atoms with Crippen LogP contribution >= 0.6 is 11.3 Å². The van der Waals surface area contributed by atoms with Gasteiger partial charge in [-0.2, -0.15) is 0 Å². The van der Waals surface area contributed by atoms with E-state index in [2.05, 4.69) is 0 Å². The van der Waals surface area contributed by atoms with E-state index in [0.29, 0.717) is 19.6 Å². The number of ether oxygens (including phenoxy) is 1. The van der Waals surface area contributed by atoms with Crippen molar-refractivity contribution in [3.63, 3.8) is 0 Å². The van der Waals surface area contributed by atoms with Crippen molar-refractivity contribution >= 4 is 23.0 Å². The molecular weight excluding hydrogens is 354 g/mol. The summed E-state index contributed by atoms with van der Waals surface area (Å²) in [6.45, 7) is 4.78. The molecule has 0 aromatic carbocycles. The number of aliphatic hydroxyl groups excluding tert-OH is 1. The molecule has 0 spiro atoms. The van der Waals surface area contributed by atoms with E-state index in [1.54, 1.807) is 6.07 Å². The third-order valence-electron chi connectivity index (χ3n) is 4.10. The van der Waals surface area contributed by atoms with E-state index >= 15 is 0 Å². The Kier molecular flexibility index (Phi) is 5.58. The lowest BCUT2D eigenvalue weighted by molar-refractivity contribution is -0.129. The first kappa shape index (κ1) is 18.4. The number of nitrogens with zero attached hydrogens (tertiary/aromatic N) is 1. The smallest absolute Gasteiger partial charge is 0.290 e. The molecule has 1 aliphatic heterocycles. The third kappa shape index (κ3) is 3.59. The molecule has 1 atom stereocenters. The van der Waals surface area contributed by atoms with Gasteiger partial charge in [-0.3, -0.25) is 9.59 Å². The molecule has 0 bridgehead atoms. The second-order valence-electron chi connectivity index (χ2n) is 6.26. The van der Waals surface area contributed by atoms with E-state index in [1.165, 1.54) is 28.6 Å². The highest BCUT2D eigenvalue weighted by atomic mass is 32.1. The van der Waals surface area contributed by atoms with Gasteiger partial charge in [0.05, 0.1) is 24.0 Å². The predicted molar refractivity (Wildman–Crippen MR) is 97.2 cm³/mol. The number of furan rings is 1. The molecule has 3 rings (SSSR count). The minimum absolute atomic E-state index is 0.0668. The van der Waals surface area contributed by atoms with Crippen molar-refractivity contribution in [3.05, 3.63) is 57.9 Å². The van der Waals surface area contributed by atoms with Crippen LogP contribution in [0.25, 0.3) is 0 Å². The van der Waals surface area contributed by atoms with Crippen LogP contribution in [0.2, 0.25) is 0 Å². The summed E-state index contributed by atoms with van der Waals surface area (Å²) >= 11 is 1.44. The third-order valence-corrected chi connectivity index (χ3v) is 5.03. The molecule has 1 amide bonds. The van der Waals surface area contributed by atoms with Gasteiger partial charge in [0.25, 0.3) is 5.91 Å². The molecule has 6 nitrogen and oxygen atoms in total. The number of carbonyl (C=O) groups excluding carboxylic acids is 2. The van der Waals surface area contributed by atoms with Crippen LogP contribution in [0.4, 0.5) is 0 Å². The average molecular weight is 375 g/mol. The van der Waals surface area contributed by atoms with E-state index in [1.807, 2.05) is 31.4 Å². The fourth-order valence-electron chi connectivity index (χ4n) is 2.95. The Labute approximate surface area is 155 Å². The van der Waals surface area contributed by atoms with Crippen molar-refractivity contribution in [1.82, 2.24) is 4.90 Å². The Hall–Kier alpha value is -2.38. The monoisotopic (exact) mass is 375 g/mol. The number of aliphatic hydroxyl groups is 1. The lowest BCUT2D eigenvalue weighted by Crippen LogP contribution is -2.32. The highest BCUT2D eigenvalue weighted by Crippen LogP contribution is 2.40. The molecule has 7 heteroatoms. The maximum atomic E-state index is 12.8. The number of rotatable bonds is 8. The Morgan fingerprint density at radius 3 is 2.81 bits per heavy atom. The summed E-state index contributed by atoms with van der Waals surface area (Å²) in [6.07, 6.45) is 2.12. The van der Waals surface area contributed by atoms with Crippen LogP contribution in [-0.4, -0.2) is 41.0 Å². The van der Waals surface area contributed by atoms with E-state index < -0.39 is 23.5 Å². The number of thiophene rings is 1. The Balaban J connectivity index is 1.87. The van der Waals surface area contributed by atoms with Crippen molar-refractivity contribution in [2.24, 2.45) is 0 Å². The summed E-state index contributed by atoms with van der Waals surface area (Å²) in [7, 11) is 0. The van der Waals surface area contributed by atoms with Gasteiger partial charge >= 0.3 is 0 Å². The van der Waals surface area contributed by atoms with E-state index in [-0.39, 0.29) is 17.4 Å². The molecule has 1 unspecified atom stereocenters. The Morgan fingerprint density at radius 1 is 1.38 bits per heavy atom. The molecule has 26 heavy (non-hydrogen) atoms. The van der Waals surface area contributed by atoms with Crippen LogP contribution in [0.15, 0.2) is 51.7 Å². The fraction of sp³-hybridized carbons (Fsp3) is 0.368. The van der Waals surface area contributed by atoms with Crippen molar-refractivity contribution in [1.29, 1.82) is 0 Å². The second kappa shape index (κ2) is 7.88. The molecule has 2 aromatic rings. The molecular formula is C19H21NO5S. The number of carbonyl (C=O) groups is 2. The standard InChI is InChI=1S/C19H21NO5S/c1-12(2)24-10-5-8-20-16(14-7-4-11-26-14)15(18(22)19(20)23)17(21)13-6-3-9-25-13/h3-4,6-7,9,11-12,16,22H,5,8,10H2,1-2H3. The highest BCUT2D eigenvalue weighted by molar-refractivity contribution is 7.10. The highest BCUT2D eigenvalue weighted by Gasteiger charge is 2.44.